The Labute approximate surface area is 160 Å². The summed E-state index contributed by atoms with van der Waals surface area (Å²) in [5.74, 6) is -1.55. The largest absolute Gasteiger partial charge is 0.457 e. The third-order valence-corrected chi connectivity index (χ3v) is 4.25. The molecule has 142 valence electrons. The molecule has 2 N–H and O–H groups in total. The molecular weight excluding hydrogens is 368 g/mol. The SMILES string of the molecule is CC(=O)Nc1ccc(C(=O)COC(=O)CCc2ccsc2)c(NC(C)=O)c1. The van der Waals surface area contributed by atoms with Gasteiger partial charge in [-0.15, -0.1) is 0 Å². The molecule has 0 saturated heterocycles. The first-order valence-electron chi connectivity index (χ1n) is 8.24. The zero-order valence-corrected chi connectivity index (χ0v) is 15.9. The molecule has 0 saturated carbocycles. The summed E-state index contributed by atoms with van der Waals surface area (Å²) in [5, 5.41) is 9.01. The first-order chi connectivity index (χ1) is 12.8. The van der Waals surface area contributed by atoms with Crippen LogP contribution in [0.15, 0.2) is 35.0 Å². The molecule has 1 heterocycles. The lowest BCUT2D eigenvalue weighted by Crippen LogP contribution is -2.18. The third kappa shape index (κ3) is 6.67. The van der Waals surface area contributed by atoms with Crippen molar-refractivity contribution in [3.63, 3.8) is 0 Å². The van der Waals surface area contributed by atoms with E-state index >= 15 is 0 Å². The highest BCUT2D eigenvalue weighted by molar-refractivity contribution is 7.07. The van der Waals surface area contributed by atoms with Gasteiger partial charge in [-0.05, 0) is 47.0 Å². The number of carbonyl (C=O) groups is 4. The second-order valence-electron chi connectivity index (χ2n) is 5.84. The van der Waals surface area contributed by atoms with Crippen LogP contribution in [0.2, 0.25) is 0 Å². The molecule has 0 aliphatic heterocycles. The van der Waals surface area contributed by atoms with Gasteiger partial charge in [0.1, 0.15) is 0 Å². The van der Waals surface area contributed by atoms with Crippen molar-refractivity contribution < 1.29 is 23.9 Å². The van der Waals surface area contributed by atoms with E-state index in [0.717, 1.165) is 5.56 Å². The fourth-order valence-electron chi connectivity index (χ4n) is 2.34. The van der Waals surface area contributed by atoms with Crippen molar-refractivity contribution in [2.24, 2.45) is 0 Å². The summed E-state index contributed by atoms with van der Waals surface area (Å²) in [7, 11) is 0. The van der Waals surface area contributed by atoms with Crippen LogP contribution in [0.1, 0.15) is 36.2 Å². The average molecular weight is 388 g/mol. The van der Waals surface area contributed by atoms with Crippen LogP contribution < -0.4 is 10.6 Å². The van der Waals surface area contributed by atoms with E-state index < -0.39 is 18.4 Å². The van der Waals surface area contributed by atoms with Crippen LogP contribution in [-0.2, 0) is 25.5 Å². The minimum absolute atomic E-state index is 0.185. The van der Waals surface area contributed by atoms with Crippen molar-refractivity contribution in [3.05, 3.63) is 46.2 Å². The van der Waals surface area contributed by atoms with Crippen molar-refractivity contribution in [2.45, 2.75) is 26.7 Å². The van der Waals surface area contributed by atoms with E-state index in [4.69, 9.17) is 4.74 Å². The third-order valence-electron chi connectivity index (χ3n) is 3.51. The van der Waals surface area contributed by atoms with E-state index in [1.54, 1.807) is 17.4 Å². The number of aryl methyl sites for hydroxylation is 1. The number of Topliss-reactive ketones (excluding diaryl/α,β-unsaturated/α-hetero) is 1. The summed E-state index contributed by atoms with van der Waals surface area (Å²) in [4.78, 5) is 46.8. The molecule has 8 heteroatoms. The molecule has 2 rings (SSSR count). The average Bonchev–Trinajstić information content (AvgIpc) is 3.10. The molecule has 7 nitrogen and oxygen atoms in total. The number of esters is 1. The predicted molar refractivity (Wildman–Crippen MR) is 103 cm³/mol. The lowest BCUT2D eigenvalue weighted by molar-refractivity contribution is -0.142. The predicted octanol–water partition coefficient (Wildman–Crippen LogP) is 3.02. The monoisotopic (exact) mass is 388 g/mol. The smallest absolute Gasteiger partial charge is 0.306 e. The summed E-state index contributed by atoms with van der Waals surface area (Å²) in [6.07, 6.45) is 0.739. The highest BCUT2D eigenvalue weighted by Crippen LogP contribution is 2.22. The highest BCUT2D eigenvalue weighted by atomic mass is 32.1. The molecule has 1 aromatic carbocycles. The Morgan fingerprint density at radius 1 is 1.04 bits per heavy atom. The van der Waals surface area contributed by atoms with Crippen LogP contribution in [0.3, 0.4) is 0 Å². The normalized spacial score (nSPS) is 10.1. The first kappa shape index (κ1) is 20.3. The standard InChI is InChI=1S/C19H20N2O5S/c1-12(22)20-15-4-5-16(17(9-15)21-13(2)23)18(24)10-26-19(25)6-3-14-7-8-27-11-14/h4-5,7-9,11H,3,6,10H2,1-2H3,(H,20,22)(H,21,23). The molecule has 0 aliphatic rings. The van der Waals surface area contributed by atoms with Gasteiger partial charge in [0.2, 0.25) is 17.6 Å². The van der Waals surface area contributed by atoms with E-state index in [0.29, 0.717) is 12.1 Å². The molecule has 0 spiro atoms. The van der Waals surface area contributed by atoms with Gasteiger partial charge in [0, 0.05) is 31.5 Å². The Balaban J connectivity index is 1.99. The Bertz CT molecular complexity index is 846. The topological polar surface area (TPSA) is 102 Å². The lowest BCUT2D eigenvalue weighted by Gasteiger charge is -2.12. The number of carbonyl (C=O) groups excluding carboxylic acids is 4. The van der Waals surface area contributed by atoms with Gasteiger partial charge in [-0.1, -0.05) is 0 Å². The number of ether oxygens (including phenoxy) is 1. The summed E-state index contributed by atoms with van der Waals surface area (Å²) in [6.45, 7) is 2.24. The minimum atomic E-state index is -0.467. The molecule has 0 aliphatic carbocycles. The van der Waals surface area contributed by atoms with Gasteiger partial charge in [-0.25, -0.2) is 0 Å². The quantitative estimate of drug-likeness (QED) is 0.535. The number of hydrogen-bond acceptors (Lipinski definition) is 6. The lowest BCUT2D eigenvalue weighted by atomic mass is 10.1. The zero-order chi connectivity index (χ0) is 19.8. The molecule has 2 aromatic rings. The van der Waals surface area contributed by atoms with Crippen LogP contribution in [0.5, 0.6) is 0 Å². The van der Waals surface area contributed by atoms with Gasteiger partial charge < -0.3 is 15.4 Å². The molecule has 0 fully saturated rings. The Morgan fingerprint density at radius 3 is 2.41 bits per heavy atom. The number of nitrogens with one attached hydrogen (secondary N) is 2. The summed E-state index contributed by atoms with van der Waals surface area (Å²) in [5.41, 5.74) is 1.93. The molecule has 0 unspecified atom stereocenters. The second-order valence-corrected chi connectivity index (χ2v) is 6.62. The van der Waals surface area contributed by atoms with E-state index in [1.807, 2.05) is 16.8 Å². The molecule has 27 heavy (non-hydrogen) atoms. The van der Waals surface area contributed by atoms with Gasteiger partial charge in [0.05, 0.1) is 5.69 Å². The maximum Gasteiger partial charge on any atom is 0.306 e. The van der Waals surface area contributed by atoms with E-state index in [9.17, 15) is 19.2 Å². The first-order valence-corrected chi connectivity index (χ1v) is 9.18. The van der Waals surface area contributed by atoms with Crippen LogP contribution in [0.25, 0.3) is 0 Å². The fraction of sp³-hybridized carbons (Fsp3) is 0.263. The van der Waals surface area contributed by atoms with Crippen molar-refractivity contribution in [1.29, 1.82) is 0 Å². The van der Waals surface area contributed by atoms with Crippen LogP contribution >= 0.6 is 11.3 Å². The van der Waals surface area contributed by atoms with Crippen molar-refractivity contribution in [2.75, 3.05) is 17.2 Å². The summed E-state index contributed by atoms with van der Waals surface area (Å²) < 4.78 is 5.04. The maximum atomic E-state index is 12.4. The number of ketones is 1. The summed E-state index contributed by atoms with van der Waals surface area (Å²) in [6, 6.07) is 6.42. The van der Waals surface area contributed by atoms with Crippen LogP contribution in [0, 0.1) is 0 Å². The molecular formula is C19H20N2O5S. The van der Waals surface area contributed by atoms with E-state index in [2.05, 4.69) is 10.6 Å². The van der Waals surface area contributed by atoms with Crippen molar-refractivity contribution >= 4 is 46.3 Å². The van der Waals surface area contributed by atoms with E-state index in [-0.39, 0.29) is 29.5 Å². The zero-order valence-electron chi connectivity index (χ0n) is 15.0. The molecule has 0 bridgehead atoms. The Kier molecular flexibility index (Phi) is 7.25. The van der Waals surface area contributed by atoms with Gasteiger partial charge in [-0.2, -0.15) is 11.3 Å². The second kappa shape index (κ2) is 9.63. The number of anilines is 2. The van der Waals surface area contributed by atoms with Gasteiger partial charge in [0.25, 0.3) is 0 Å². The van der Waals surface area contributed by atoms with Crippen molar-refractivity contribution in [3.8, 4) is 0 Å². The summed E-state index contributed by atoms with van der Waals surface area (Å²) >= 11 is 1.55. The maximum absolute atomic E-state index is 12.4. The Hall–Kier alpha value is -3.00. The molecule has 2 amide bonds. The minimum Gasteiger partial charge on any atom is -0.457 e. The molecule has 1 aromatic heterocycles. The van der Waals surface area contributed by atoms with Gasteiger partial charge in [0.15, 0.2) is 6.61 Å². The van der Waals surface area contributed by atoms with Crippen molar-refractivity contribution in [1.82, 2.24) is 0 Å². The van der Waals surface area contributed by atoms with Gasteiger partial charge in [-0.3, -0.25) is 19.2 Å². The fourth-order valence-corrected chi connectivity index (χ4v) is 3.04. The molecule has 0 atom stereocenters. The number of hydrogen-bond donors (Lipinski definition) is 2. The number of rotatable bonds is 8. The van der Waals surface area contributed by atoms with Crippen LogP contribution in [0.4, 0.5) is 11.4 Å². The number of benzene rings is 1. The Morgan fingerprint density at radius 2 is 1.78 bits per heavy atom. The number of amides is 2. The van der Waals surface area contributed by atoms with Gasteiger partial charge >= 0.3 is 5.97 Å². The molecule has 0 radical (unpaired) electrons. The highest BCUT2D eigenvalue weighted by Gasteiger charge is 2.16. The van der Waals surface area contributed by atoms with Crippen LogP contribution in [-0.4, -0.2) is 30.2 Å². The number of thiophene rings is 1. The van der Waals surface area contributed by atoms with E-state index in [1.165, 1.54) is 26.0 Å².